The monoisotopic (exact) mass is 208 g/mol. The van der Waals surface area contributed by atoms with Crippen LogP contribution < -0.4 is 4.74 Å². The van der Waals surface area contributed by atoms with Gasteiger partial charge in [0.1, 0.15) is 5.75 Å². The Morgan fingerprint density at radius 3 is 2.67 bits per heavy atom. The van der Waals surface area contributed by atoms with Gasteiger partial charge in [0, 0.05) is 6.42 Å². The second-order valence-corrected chi connectivity index (χ2v) is 3.39. The predicted molar refractivity (Wildman–Crippen MR) is 57.6 cm³/mol. The van der Waals surface area contributed by atoms with Crippen molar-refractivity contribution in [1.29, 1.82) is 0 Å². The van der Waals surface area contributed by atoms with Gasteiger partial charge in [0.05, 0.1) is 6.10 Å². The minimum Gasteiger partial charge on any atom is -0.427 e. The topological polar surface area (TPSA) is 46.5 Å². The van der Waals surface area contributed by atoms with Crippen molar-refractivity contribution in [2.75, 3.05) is 0 Å². The Balaban J connectivity index is 2.31. The van der Waals surface area contributed by atoms with Crippen LogP contribution in [0.2, 0.25) is 0 Å². The van der Waals surface area contributed by atoms with Crippen LogP contribution in [0.25, 0.3) is 0 Å². The third-order valence-corrected chi connectivity index (χ3v) is 2.13. The number of carbonyl (C=O) groups excluding carboxylic acids is 1. The quantitative estimate of drug-likeness (QED) is 0.595. The average molecular weight is 208 g/mol. The molecule has 0 aromatic heterocycles. The fourth-order valence-corrected chi connectivity index (χ4v) is 1.16. The van der Waals surface area contributed by atoms with E-state index < -0.39 is 6.10 Å². The Morgan fingerprint density at radius 2 is 2.07 bits per heavy atom. The van der Waals surface area contributed by atoms with Gasteiger partial charge in [-0.15, -0.1) is 0 Å². The highest BCUT2D eigenvalue weighted by Crippen LogP contribution is 2.10. The van der Waals surface area contributed by atoms with Crippen LogP contribution in [-0.2, 0) is 4.79 Å². The third kappa shape index (κ3) is 4.61. The molecule has 1 N–H and O–H groups in total. The highest BCUT2D eigenvalue weighted by Gasteiger charge is 2.08. The molecule has 0 heterocycles. The van der Waals surface area contributed by atoms with E-state index in [0.717, 1.165) is 0 Å². The van der Waals surface area contributed by atoms with Crippen LogP contribution in [0, 0.1) is 0 Å². The van der Waals surface area contributed by atoms with Gasteiger partial charge in [0.15, 0.2) is 0 Å². The van der Waals surface area contributed by atoms with E-state index in [1.165, 1.54) is 0 Å². The molecule has 15 heavy (non-hydrogen) atoms. The van der Waals surface area contributed by atoms with Gasteiger partial charge in [-0.1, -0.05) is 25.1 Å². The van der Waals surface area contributed by atoms with Gasteiger partial charge in [0.2, 0.25) is 0 Å². The Labute approximate surface area is 89.7 Å². The molecule has 1 aromatic carbocycles. The maximum atomic E-state index is 11.3. The minimum atomic E-state index is -0.409. The zero-order valence-electron chi connectivity index (χ0n) is 8.85. The number of hydrogen-bond acceptors (Lipinski definition) is 3. The summed E-state index contributed by atoms with van der Waals surface area (Å²) in [5, 5.41) is 9.27. The number of aliphatic hydroxyl groups is 1. The summed E-state index contributed by atoms with van der Waals surface area (Å²) < 4.78 is 5.06. The van der Waals surface area contributed by atoms with Crippen LogP contribution in [0.15, 0.2) is 30.3 Å². The van der Waals surface area contributed by atoms with Gasteiger partial charge >= 0.3 is 5.97 Å². The maximum Gasteiger partial charge on any atom is 0.311 e. The van der Waals surface area contributed by atoms with Gasteiger partial charge < -0.3 is 9.84 Å². The Hall–Kier alpha value is -1.35. The van der Waals surface area contributed by atoms with Crippen molar-refractivity contribution in [3.63, 3.8) is 0 Å². The zero-order valence-corrected chi connectivity index (χ0v) is 8.85. The lowest BCUT2D eigenvalue weighted by atomic mass is 10.1. The molecule has 0 aliphatic rings. The first kappa shape index (κ1) is 11.7. The molecule has 3 heteroatoms. The van der Waals surface area contributed by atoms with Gasteiger partial charge in [-0.05, 0) is 25.0 Å². The van der Waals surface area contributed by atoms with Crippen LogP contribution in [0.3, 0.4) is 0 Å². The Morgan fingerprint density at radius 1 is 1.40 bits per heavy atom. The number of carbonyl (C=O) groups is 1. The lowest BCUT2D eigenvalue weighted by Crippen LogP contribution is -2.12. The first-order chi connectivity index (χ1) is 7.22. The number of benzene rings is 1. The van der Waals surface area contributed by atoms with E-state index in [1.54, 1.807) is 12.1 Å². The number of para-hydroxylation sites is 1. The molecule has 1 aromatic rings. The molecule has 0 amide bonds. The van der Waals surface area contributed by atoms with E-state index in [0.29, 0.717) is 18.6 Å². The van der Waals surface area contributed by atoms with E-state index in [-0.39, 0.29) is 12.4 Å². The molecule has 82 valence electrons. The molecular weight excluding hydrogens is 192 g/mol. The van der Waals surface area contributed by atoms with E-state index in [2.05, 4.69) is 0 Å². The lowest BCUT2D eigenvalue weighted by molar-refractivity contribution is -0.135. The lowest BCUT2D eigenvalue weighted by Gasteiger charge is -2.07. The molecule has 0 fully saturated rings. The average Bonchev–Trinajstić information content (AvgIpc) is 2.27. The van der Waals surface area contributed by atoms with Gasteiger partial charge in [-0.2, -0.15) is 0 Å². The largest absolute Gasteiger partial charge is 0.427 e. The Kier molecular flexibility index (Phi) is 4.84. The van der Waals surface area contributed by atoms with Crippen LogP contribution in [0.5, 0.6) is 5.75 Å². The van der Waals surface area contributed by atoms with Crippen molar-refractivity contribution in [3.05, 3.63) is 30.3 Å². The van der Waals surface area contributed by atoms with Crippen molar-refractivity contribution in [3.8, 4) is 5.75 Å². The van der Waals surface area contributed by atoms with Gasteiger partial charge in [-0.3, -0.25) is 4.79 Å². The summed E-state index contributed by atoms with van der Waals surface area (Å²) in [4.78, 5) is 11.3. The van der Waals surface area contributed by atoms with Gasteiger partial charge in [0.25, 0.3) is 0 Å². The highest BCUT2D eigenvalue weighted by atomic mass is 16.5. The molecule has 0 saturated carbocycles. The smallest absolute Gasteiger partial charge is 0.311 e. The number of aliphatic hydroxyl groups excluding tert-OH is 1. The summed E-state index contributed by atoms with van der Waals surface area (Å²) in [5.74, 6) is 0.252. The second kappa shape index (κ2) is 6.19. The van der Waals surface area contributed by atoms with Crippen LogP contribution >= 0.6 is 0 Å². The maximum absolute atomic E-state index is 11.3. The number of esters is 1. The normalized spacial score (nSPS) is 12.1. The van der Waals surface area contributed by atoms with E-state index in [1.807, 2.05) is 25.1 Å². The third-order valence-electron chi connectivity index (χ3n) is 2.13. The highest BCUT2D eigenvalue weighted by molar-refractivity contribution is 5.72. The Bertz CT molecular complexity index is 295. The predicted octanol–water partition coefficient (Wildman–Crippen LogP) is 2.14. The van der Waals surface area contributed by atoms with Gasteiger partial charge in [-0.25, -0.2) is 0 Å². The molecule has 1 rings (SSSR count). The molecule has 0 bridgehead atoms. The summed E-state index contributed by atoms with van der Waals surface area (Å²) in [5.41, 5.74) is 0. The molecule has 0 aliphatic carbocycles. The standard InChI is InChI=1S/C12H16O3/c1-2-10(13)8-9-12(14)15-11-6-4-3-5-7-11/h3-7,10,13H,2,8-9H2,1H3. The SMILES string of the molecule is CCC(O)CCC(=O)Oc1ccccc1. The van der Waals surface area contributed by atoms with Crippen molar-refractivity contribution in [2.24, 2.45) is 0 Å². The molecule has 0 spiro atoms. The van der Waals surface area contributed by atoms with E-state index >= 15 is 0 Å². The fraction of sp³-hybridized carbons (Fsp3) is 0.417. The molecule has 3 nitrogen and oxygen atoms in total. The zero-order chi connectivity index (χ0) is 11.1. The first-order valence-corrected chi connectivity index (χ1v) is 5.16. The number of hydrogen-bond donors (Lipinski definition) is 1. The molecule has 0 aliphatic heterocycles. The van der Waals surface area contributed by atoms with Crippen molar-refractivity contribution < 1.29 is 14.6 Å². The van der Waals surface area contributed by atoms with Crippen molar-refractivity contribution in [2.45, 2.75) is 32.3 Å². The van der Waals surface area contributed by atoms with Crippen molar-refractivity contribution >= 4 is 5.97 Å². The summed E-state index contributed by atoms with van der Waals surface area (Å²) in [7, 11) is 0. The number of rotatable bonds is 5. The van der Waals surface area contributed by atoms with Crippen LogP contribution in [-0.4, -0.2) is 17.2 Å². The summed E-state index contributed by atoms with van der Waals surface area (Å²) >= 11 is 0. The molecule has 1 atom stereocenters. The first-order valence-electron chi connectivity index (χ1n) is 5.16. The number of ether oxygens (including phenoxy) is 1. The molecule has 1 unspecified atom stereocenters. The van der Waals surface area contributed by atoms with E-state index in [9.17, 15) is 9.90 Å². The molecule has 0 radical (unpaired) electrons. The minimum absolute atomic E-state index is 0.254. The van der Waals surface area contributed by atoms with Crippen molar-refractivity contribution in [1.82, 2.24) is 0 Å². The second-order valence-electron chi connectivity index (χ2n) is 3.39. The van der Waals surface area contributed by atoms with Crippen LogP contribution in [0.4, 0.5) is 0 Å². The van der Waals surface area contributed by atoms with E-state index in [4.69, 9.17) is 4.74 Å². The fourth-order valence-electron chi connectivity index (χ4n) is 1.16. The summed E-state index contributed by atoms with van der Waals surface area (Å²) in [6.07, 6.45) is 0.971. The summed E-state index contributed by atoms with van der Waals surface area (Å²) in [6.45, 7) is 1.88. The molecule has 0 saturated heterocycles. The van der Waals surface area contributed by atoms with Crippen LogP contribution in [0.1, 0.15) is 26.2 Å². The summed E-state index contributed by atoms with van der Waals surface area (Å²) in [6, 6.07) is 8.94. The molecular formula is C12H16O3.